The number of nitrogens with zero attached hydrogens (tertiary/aromatic N) is 1. The van der Waals surface area contributed by atoms with Crippen molar-refractivity contribution >= 4 is 17.5 Å². The van der Waals surface area contributed by atoms with Crippen molar-refractivity contribution in [3.05, 3.63) is 0 Å². The molecule has 1 aliphatic carbocycles. The van der Waals surface area contributed by atoms with E-state index in [-0.39, 0.29) is 5.91 Å². The van der Waals surface area contributed by atoms with Gasteiger partial charge in [-0.2, -0.15) is 5.26 Å². The summed E-state index contributed by atoms with van der Waals surface area (Å²) in [6.07, 6.45) is 3.51. The van der Waals surface area contributed by atoms with Crippen LogP contribution in [-0.4, -0.2) is 16.8 Å². The van der Waals surface area contributed by atoms with Crippen LogP contribution in [0.1, 0.15) is 32.6 Å². The molecule has 1 amide bonds. The maximum absolute atomic E-state index is 11.3. The van der Waals surface area contributed by atoms with Gasteiger partial charge in [-0.05, 0) is 32.6 Å². The Labute approximate surface area is 83.1 Å². The van der Waals surface area contributed by atoms with E-state index in [2.05, 4.69) is 11.4 Å². The number of nitrogens with one attached hydrogen (secondary N) is 1. The summed E-state index contributed by atoms with van der Waals surface area (Å²) >= 11 is 5.60. The van der Waals surface area contributed by atoms with Crippen LogP contribution < -0.4 is 5.32 Å². The molecule has 1 aliphatic rings. The standard InChI is InChI=1S/C9H13ClN2O/c1-7(10)8(13)12-9(6-11)4-2-3-5-9/h7H,2-5H2,1H3,(H,12,13). The normalized spacial score (nSPS) is 21.9. The number of halogens is 1. The summed E-state index contributed by atoms with van der Waals surface area (Å²) in [7, 11) is 0. The first kappa shape index (κ1) is 10.3. The summed E-state index contributed by atoms with van der Waals surface area (Å²) in [6, 6.07) is 2.17. The first-order chi connectivity index (χ1) is 6.09. The lowest BCUT2D eigenvalue weighted by Crippen LogP contribution is -2.47. The minimum atomic E-state index is -0.639. The molecular formula is C9H13ClN2O. The number of carbonyl (C=O) groups is 1. The van der Waals surface area contributed by atoms with Crippen molar-refractivity contribution in [3.8, 4) is 6.07 Å². The van der Waals surface area contributed by atoms with Crippen LogP contribution >= 0.6 is 11.6 Å². The Hall–Kier alpha value is -0.750. The largest absolute Gasteiger partial charge is 0.337 e. The minimum Gasteiger partial charge on any atom is -0.337 e. The third-order valence-corrected chi connectivity index (χ3v) is 2.59. The molecule has 0 saturated heterocycles. The van der Waals surface area contributed by atoms with E-state index in [0.29, 0.717) is 0 Å². The molecule has 0 aromatic heterocycles. The van der Waals surface area contributed by atoms with Crippen LogP contribution in [0.2, 0.25) is 0 Å². The number of hydrogen-bond donors (Lipinski definition) is 1. The first-order valence-electron chi connectivity index (χ1n) is 4.47. The second kappa shape index (κ2) is 3.97. The lowest BCUT2D eigenvalue weighted by Gasteiger charge is -2.22. The van der Waals surface area contributed by atoms with Gasteiger partial charge in [0.25, 0.3) is 0 Å². The Kier molecular flexibility index (Phi) is 3.16. The molecule has 0 heterocycles. The smallest absolute Gasteiger partial charge is 0.239 e. The van der Waals surface area contributed by atoms with Crippen molar-refractivity contribution in [3.63, 3.8) is 0 Å². The van der Waals surface area contributed by atoms with Crippen LogP contribution in [0.4, 0.5) is 0 Å². The fraction of sp³-hybridized carbons (Fsp3) is 0.778. The third-order valence-electron chi connectivity index (χ3n) is 2.39. The topological polar surface area (TPSA) is 52.9 Å². The van der Waals surface area contributed by atoms with Gasteiger partial charge in [-0.1, -0.05) is 0 Å². The van der Waals surface area contributed by atoms with E-state index in [1.165, 1.54) is 0 Å². The van der Waals surface area contributed by atoms with Crippen molar-refractivity contribution < 1.29 is 4.79 Å². The molecule has 1 atom stereocenters. The molecule has 1 fully saturated rings. The second-order valence-electron chi connectivity index (χ2n) is 3.51. The Bertz CT molecular complexity index is 238. The van der Waals surface area contributed by atoms with Crippen LogP contribution in [0.25, 0.3) is 0 Å². The lowest BCUT2D eigenvalue weighted by atomic mass is 10.00. The Balaban J connectivity index is 2.60. The number of rotatable bonds is 2. The predicted octanol–water partition coefficient (Wildman–Crippen LogP) is 1.57. The molecule has 1 saturated carbocycles. The molecule has 0 radical (unpaired) electrons. The minimum absolute atomic E-state index is 0.245. The van der Waals surface area contributed by atoms with E-state index in [0.717, 1.165) is 25.7 Å². The van der Waals surface area contributed by atoms with Crippen LogP contribution in [-0.2, 0) is 4.79 Å². The van der Waals surface area contributed by atoms with Crippen molar-refractivity contribution in [2.24, 2.45) is 0 Å². The predicted molar refractivity (Wildman–Crippen MR) is 50.3 cm³/mol. The van der Waals surface area contributed by atoms with E-state index in [9.17, 15) is 4.79 Å². The van der Waals surface area contributed by atoms with Crippen molar-refractivity contribution in [1.29, 1.82) is 5.26 Å². The number of carbonyl (C=O) groups excluding carboxylic acids is 1. The van der Waals surface area contributed by atoms with E-state index < -0.39 is 10.9 Å². The average molecular weight is 201 g/mol. The molecule has 4 heteroatoms. The number of amides is 1. The van der Waals surface area contributed by atoms with Gasteiger partial charge in [0.2, 0.25) is 5.91 Å². The average Bonchev–Trinajstić information content (AvgIpc) is 2.54. The highest BCUT2D eigenvalue weighted by Crippen LogP contribution is 2.28. The van der Waals surface area contributed by atoms with E-state index in [1.54, 1.807) is 6.92 Å². The Morgan fingerprint density at radius 1 is 1.62 bits per heavy atom. The van der Waals surface area contributed by atoms with Crippen molar-refractivity contribution in [1.82, 2.24) is 5.32 Å². The van der Waals surface area contributed by atoms with Crippen LogP contribution in [0, 0.1) is 11.3 Å². The molecule has 0 bridgehead atoms. The Morgan fingerprint density at radius 3 is 2.54 bits per heavy atom. The van der Waals surface area contributed by atoms with Gasteiger partial charge in [-0.3, -0.25) is 4.79 Å². The zero-order valence-electron chi connectivity index (χ0n) is 7.64. The summed E-state index contributed by atoms with van der Waals surface area (Å²) in [4.78, 5) is 11.3. The van der Waals surface area contributed by atoms with Gasteiger partial charge >= 0.3 is 0 Å². The zero-order valence-corrected chi connectivity index (χ0v) is 8.40. The first-order valence-corrected chi connectivity index (χ1v) is 4.91. The summed E-state index contributed by atoms with van der Waals surface area (Å²) in [5, 5.41) is 11.1. The molecule has 13 heavy (non-hydrogen) atoms. The highest BCUT2D eigenvalue weighted by atomic mass is 35.5. The fourth-order valence-corrected chi connectivity index (χ4v) is 1.63. The van der Waals surface area contributed by atoms with Gasteiger partial charge in [0.05, 0.1) is 6.07 Å². The zero-order chi connectivity index (χ0) is 9.90. The molecule has 0 aliphatic heterocycles. The van der Waals surface area contributed by atoms with Crippen molar-refractivity contribution in [2.75, 3.05) is 0 Å². The molecule has 72 valence electrons. The van der Waals surface area contributed by atoms with Gasteiger partial charge in [0.15, 0.2) is 0 Å². The molecule has 0 spiro atoms. The van der Waals surface area contributed by atoms with Crippen LogP contribution in [0.5, 0.6) is 0 Å². The fourth-order valence-electron chi connectivity index (χ4n) is 1.58. The summed E-state index contributed by atoms with van der Waals surface area (Å²) in [5.74, 6) is -0.245. The van der Waals surface area contributed by atoms with E-state index in [1.807, 2.05) is 0 Å². The van der Waals surface area contributed by atoms with E-state index in [4.69, 9.17) is 16.9 Å². The second-order valence-corrected chi connectivity index (χ2v) is 4.16. The lowest BCUT2D eigenvalue weighted by molar-refractivity contribution is -0.121. The van der Waals surface area contributed by atoms with E-state index >= 15 is 0 Å². The molecular weight excluding hydrogens is 188 g/mol. The summed E-state index contributed by atoms with van der Waals surface area (Å²) in [5.41, 5.74) is -0.639. The summed E-state index contributed by atoms with van der Waals surface area (Å²) < 4.78 is 0. The monoisotopic (exact) mass is 200 g/mol. The number of alkyl halides is 1. The summed E-state index contributed by atoms with van der Waals surface area (Å²) in [6.45, 7) is 1.61. The van der Waals surface area contributed by atoms with Crippen LogP contribution in [0.3, 0.4) is 0 Å². The molecule has 1 rings (SSSR count). The highest BCUT2D eigenvalue weighted by molar-refractivity contribution is 6.30. The highest BCUT2D eigenvalue weighted by Gasteiger charge is 2.35. The molecule has 0 aromatic carbocycles. The number of hydrogen-bond acceptors (Lipinski definition) is 2. The molecule has 0 aromatic rings. The van der Waals surface area contributed by atoms with Crippen LogP contribution in [0.15, 0.2) is 0 Å². The Morgan fingerprint density at radius 2 is 2.15 bits per heavy atom. The third kappa shape index (κ3) is 2.35. The van der Waals surface area contributed by atoms with Gasteiger partial charge in [0, 0.05) is 0 Å². The maximum atomic E-state index is 11.3. The SMILES string of the molecule is CC(Cl)C(=O)NC1(C#N)CCCC1. The van der Waals surface area contributed by atoms with Gasteiger partial charge in [-0.15, -0.1) is 11.6 Å². The van der Waals surface area contributed by atoms with Crippen molar-refractivity contribution in [2.45, 2.75) is 43.5 Å². The number of nitriles is 1. The quantitative estimate of drug-likeness (QED) is 0.688. The van der Waals surface area contributed by atoms with Gasteiger partial charge < -0.3 is 5.32 Å². The maximum Gasteiger partial charge on any atom is 0.239 e. The molecule has 1 unspecified atom stereocenters. The van der Waals surface area contributed by atoms with Gasteiger partial charge in [0.1, 0.15) is 10.9 Å². The molecule has 1 N–H and O–H groups in total. The van der Waals surface area contributed by atoms with Gasteiger partial charge in [-0.25, -0.2) is 0 Å². The molecule has 3 nitrogen and oxygen atoms in total.